The van der Waals surface area contributed by atoms with Crippen LogP contribution in [-0.2, 0) is 30.2 Å². The number of aryl methyl sites for hydroxylation is 1. The molecule has 1 saturated heterocycles. The van der Waals surface area contributed by atoms with Crippen LogP contribution in [0.1, 0.15) is 48.3 Å². The molecule has 146 valence electrons. The number of nitrogens with one attached hydrogen (secondary N) is 1. The van der Waals surface area contributed by atoms with Gasteiger partial charge in [0.05, 0.1) is 17.5 Å². The molecule has 1 aliphatic heterocycles. The SMILES string of the molecule is CC1CC[C@H](C)N(Cc2ccc(C(=O)NCc3ccnn3C)cc2)S1(=O)=O. The summed E-state index contributed by atoms with van der Waals surface area (Å²) in [6, 6.07) is 8.95. The molecule has 2 atom stereocenters. The monoisotopic (exact) mass is 390 g/mol. The van der Waals surface area contributed by atoms with Crippen molar-refractivity contribution in [2.45, 2.75) is 51.1 Å². The molecule has 1 amide bonds. The topological polar surface area (TPSA) is 84.3 Å². The quantitative estimate of drug-likeness (QED) is 0.847. The largest absolute Gasteiger partial charge is 0.346 e. The molecule has 0 radical (unpaired) electrons. The van der Waals surface area contributed by atoms with E-state index in [9.17, 15) is 13.2 Å². The van der Waals surface area contributed by atoms with Crippen LogP contribution in [0.4, 0.5) is 0 Å². The number of amides is 1. The maximum atomic E-state index is 12.6. The Morgan fingerprint density at radius 3 is 2.52 bits per heavy atom. The van der Waals surface area contributed by atoms with Gasteiger partial charge in [-0.1, -0.05) is 12.1 Å². The third kappa shape index (κ3) is 4.22. The highest BCUT2D eigenvalue weighted by molar-refractivity contribution is 7.89. The van der Waals surface area contributed by atoms with Gasteiger partial charge in [-0.05, 0) is 50.5 Å². The molecule has 8 heteroatoms. The summed E-state index contributed by atoms with van der Waals surface area (Å²) in [6.07, 6.45) is 3.26. The number of carbonyl (C=O) groups excluding carboxylic acids is 1. The highest BCUT2D eigenvalue weighted by Crippen LogP contribution is 2.27. The van der Waals surface area contributed by atoms with Crippen LogP contribution in [0.25, 0.3) is 0 Å². The van der Waals surface area contributed by atoms with E-state index in [-0.39, 0.29) is 17.2 Å². The summed E-state index contributed by atoms with van der Waals surface area (Å²) in [5.41, 5.74) is 2.34. The van der Waals surface area contributed by atoms with Crippen LogP contribution in [0, 0.1) is 0 Å². The van der Waals surface area contributed by atoms with Gasteiger partial charge in [0.15, 0.2) is 0 Å². The van der Waals surface area contributed by atoms with E-state index >= 15 is 0 Å². The minimum atomic E-state index is -3.27. The van der Waals surface area contributed by atoms with Crippen LogP contribution in [0.5, 0.6) is 0 Å². The average Bonchev–Trinajstić information content (AvgIpc) is 3.06. The molecular weight excluding hydrogens is 364 g/mol. The molecule has 1 aliphatic rings. The van der Waals surface area contributed by atoms with E-state index in [2.05, 4.69) is 10.4 Å². The van der Waals surface area contributed by atoms with Gasteiger partial charge in [-0.2, -0.15) is 9.40 Å². The van der Waals surface area contributed by atoms with Crippen molar-refractivity contribution in [3.63, 3.8) is 0 Å². The van der Waals surface area contributed by atoms with Gasteiger partial charge in [-0.25, -0.2) is 8.42 Å². The van der Waals surface area contributed by atoms with Crippen molar-refractivity contribution >= 4 is 15.9 Å². The fraction of sp³-hybridized carbons (Fsp3) is 0.474. The molecule has 2 aromatic rings. The first-order valence-corrected chi connectivity index (χ1v) is 10.6. The van der Waals surface area contributed by atoms with E-state index in [4.69, 9.17) is 0 Å². The van der Waals surface area contributed by atoms with Gasteiger partial charge >= 0.3 is 0 Å². The smallest absolute Gasteiger partial charge is 0.251 e. The molecule has 0 spiro atoms. The highest BCUT2D eigenvalue weighted by Gasteiger charge is 2.36. The van der Waals surface area contributed by atoms with Crippen LogP contribution in [0.2, 0.25) is 0 Å². The molecule has 27 heavy (non-hydrogen) atoms. The summed E-state index contributed by atoms with van der Waals surface area (Å²) in [7, 11) is -1.44. The second-order valence-electron chi connectivity index (χ2n) is 7.15. The zero-order valence-electron chi connectivity index (χ0n) is 15.9. The molecular formula is C19H26N4O3S. The zero-order chi connectivity index (χ0) is 19.6. The third-order valence-corrected chi connectivity index (χ3v) is 7.62. The molecule has 1 unspecified atom stereocenters. The molecule has 1 N–H and O–H groups in total. The third-order valence-electron chi connectivity index (χ3n) is 5.22. The second-order valence-corrected chi connectivity index (χ2v) is 9.46. The van der Waals surface area contributed by atoms with Gasteiger partial charge in [0, 0.05) is 31.4 Å². The van der Waals surface area contributed by atoms with Crippen LogP contribution in [0.15, 0.2) is 36.5 Å². The molecule has 0 saturated carbocycles. The van der Waals surface area contributed by atoms with Crippen molar-refractivity contribution in [3.05, 3.63) is 53.3 Å². The van der Waals surface area contributed by atoms with Gasteiger partial charge in [-0.3, -0.25) is 9.48 Å². The molecule has 1 aromatic heterocycles. The highest BCUT2D eigenvalue weighted by atomic mass is 32.2. The number of benzene rings is 1. The lowest BCUT2D eigenvalue weighted by atomic mass is 10.1. The van der Waals surface area contributed by atoms with Crippen molar-refractivity contribution < 1.29 is 13.2 Å². The van der Waals surface area contributed by atoms with Gasteiger partial charge in [0.2, 0.25) is 10.0 Å². The molecule has 1 fully saturated rings. The number of carbonyl (C=O) groups is 1. The Morgan fingerprint density at radius 1 is 1.19 bits per heavy atom. The van der Waals surface area contributed by atoms with E-state index in [1.807, 2.05) is 32.2 Å². The first-order chi connectivity index (χ1) is 12.8. The minimum Gasteiger partial charge on any atom is -0.346 e. The molecule has 2 heterocycles. The lowest BCUT2D eigenvalue weighted by molar-refractivity contribution is 0.0950. The number of hydrogen-bond donors (Lipinski definition) is 1. The van der Waals surface area contributed by atoms with Crippen molar-refractivity contribution in [3.8, 4) is 0 Å². The summed E-state index contributed by atoms with van der Waals surface area (Å²) >= 11 is 0. The average molecular weight is 391 g/mol. The summed E-state index contributed by atoms with van der Waals surface area (Å²) in [5, 5.41) is 6.59. The lowest BCUT2D eigenvalue weighted by Crippen LogP contribution is -2.47. The van der Waals surface area contributed by atoms with Crippen molar-refractivity contribution in [1.82, 2.24) is 19.4 Å². The van der Waals surface area contributed by atoms with E-state index in [1.54, 1.807) is 34.2 Å². The van der Waals surface area contributed by atoms with E-state index in [0.29, 0.717) is 25.1 Å². The standard InChI is InChI=1S/C19H26N4O3S/c1-14-4-5-15(2)27(25,26)23(14)13-16-6-8-17(9-7-16)19(24)20-12-18-10-11-21-22(18)3/h6-11,14-15H,4-5,12-13H2,1-3H3,(H,20,24)/t14-,15?/m0/s1. The van der Waals surface area contributed by atoms with Crippen molar-refractivity contribution in [2.75, 3.05) is 0 Å². The Bertz CT molecular complexity index is 905. The fourth-order valence-corrected chi connectivity index (χ4v) is 5.12. The Morgan fingerprint density at radius 2 is 1.89 bits per heavy atom. The predicted molar refractivity (Wildman–Crippen MR) is 103 cm³/mol. The number of aromatic nitrogens is 2. The maximum absolute atomic E-state index is 12.6. The van der Waals surface area contributed by atoms with Crippen LogP contribution < -0.4 is 5.32 Å². The van der Waals surface area contributed by atoms with Crippen molar-refractivity contribution in [1.29, 1.82) is 0 Å². The first kappa shape index (κ1) is 19.6. The molecule has 7 nitrogen and oxygen atoms in total. The predicted octanol–water partition coefficient (Wildman–Crippen LogP) is 2.05. The van der Waals surface area contributed by atoms with Crippen LogP contribution in [-0.4, -0.2) is 39.7 Å². The Labute approximate surface area is 160 Å². The molecule has 1 aromatic carbocycles. The Hall–Kier alpha value is -2.19. The molecule has 3 rings (SSSR count). The van der Waals surface area contributed by atoms with Crippen LogP contribution in [0.3, 0.4) is 0 Å². The second kappa shape index (κ2) is 7.82. The van der Waals surface area contributed by atoms with Gasteiger partial charge < -0.3 is 5.32 Å². The number of hydrogen-bond acceptors (Lipinski definition) is 4. The van der Waals surface area contributed by atoms with E-state index in [0.717, 1.165) is 17.7 Å². The Balaban J connectivity index is 1.64. The molecule has 0 aliphatic carbocycles. The number of sulfonamides is 1. The van der Waals surface area contributed by atoms with Gasteiger partial charge in [0.1, 0.15) is 0 Å². The maximum Gasteiger partial charge on any atom is 0.251 e. The van der Waals surface area contributed by atoms with Crippen molar-refractivity contribution in [2.24, 2.45) is 7.05 Å². The first-order valence-electron chi connectivity index (χ1n) is 9.13. The minimum absolute atomic E-state index is 0.00642. The number of nitrogens with zero attached hydrogens (tertiary/aromatic N) is 3. The van der Waals surface area contributed by atoms with Crippen LogP contribution >= 0.6 is 0 Å². The van der Waals surface area contributed by atoms with E-state index in [1.165, 1.54) is 0 Å². The summed E-state index contributed by atoms with van der Waals surface area (Å²) in [4.78, 5) is 12.3. The Kier molecular flexibility index (Phi) is 5.67. The normalized spacial score (nSPS) is 22.5. The lowest BCUT2D eigenvalue weighted by Gasteiger charge is -2.36. The van der Waals surface area contributed by atoms with E-state index < -0.39 is 10.0 Å². The summed E-state index contributed by atoms with van der Waals surface area (Å²) < 4.78 is 28.5. The zero-order valence-corrected chi connectivity index (χ0v) is 16.7. The fourth-order valence-electron chi connectivity index (χ4n) is 3.29. The van der Waals surface area contributed by atoms with Gasteiger partial charge in [0.25, 0.3) is 5.91 Å². The molecule has 0 bridgehead atoms. The number of rotatable bonds is 5. The summed E-state index contributed by atoms with van der Waals surface area (Å²) in [5.74, 6) is -0.171. The summed E-state index contributed by atoms with van der Waals surface area (Å²) in [6.45, 7) is 4.46. The van der Waals surface area contributed by atoms with Gasteiger partial charge in [-0.15, -0.1) is 0 Å².